The van der Waals surface area contributed by atoms with E-state index in [4.69, 9.17) is 9.47 Å². The molecule has 0 aromatic heterocycles. The van der Waals surface area contributed by atoms with Gasteiger partial charge >= 0.3 is 11.9 Å². The highest BCUT2D eigenvalue weighted by atomic mass is 16.5. The molecule has 1 aromatic rings. The van der Waals surface area contributed by atoms with Gasteiger partial charge in [0.05, 0.1) is 0 Å². The summed E-state index contributed by atoms with van der Waals surface area (Å²) in [5.74, 6) is 2.32. The van der Waals surface area contributed by atoms with Crippen LogP contribution in [0, 0.1) is 17.3 Å². The summed E-state index contributed by atoms with van der Waals surface area (Å²) in [5, 5.41) is 0. The van der Waals surface area contributed by atoms with E-state index in [0.29, 0.717) is 36.3 Å². The molecule has 0 amide bonds. The summed E-state index contributed by atoms with van der Waals surface area (Å²) in [5.41, 5.74) is 2.92. The number of fused-ring (bicyclic) bond motifs is 5. The summed E-state index contributed by atoms with van der Waals surface area (Å²) in [6.45, 7) is 6.05. The smallest absolute Gasteiger partial charge is 0.310 e. The third-order valence-electron chi connectivity index (χ3n) is 7.69. The van der Waals surface area contributed by atoms with Crippen LogP contribution in [-0.2, 0) is 20.7 Å². The number of hydrogen-bond acceptors (Lipinski definition) is 4. The third kappa shape index (κ3) is 3.25. The average Bonchev–Trinajstić information content (AvgIpc) is 3.03. The van der Waals surface area contributed by atoms with Gasteiger partial charge in [-0.2, -0.15) is 0 Å². The minimum Gasteiger partial charge on any atom is -0.462 e. The van der Waals surface area contributed by atoms with Crippen LogP contribution in [-0.4, -0.2) is 18.0 Å². The SMILES string of the molecule is CCC(=O)Oc1ccc2c(c1)CC[C@@H]1[C@@H]2CC[C@]2(C)[C@@H](OC(=O)CC)CC[C@H]12. The van der Waals surface area contributed by atoms with E-state index in [1.807, 2.05) is 19.9 Å². The molecule has 4 rings (SSSR count). The first kappa shape index (κ1) is 19.5. The Morgan fingerprint density at radius 3 is 2.61 bits per heavy atom. The maximum atomic E-state index is 11.9. The van der Waals surface area contributed by atoms with Gasteiger partial charge in [0.15, 0.2) is 0 Å². The lowest BCUT2D eigenvalue weighted by Crippen LogP contribution is -2.45. The van der Waals surface area contributed by atoms with Crippen LogP contribution in [0.15, 0.2) is 18.2 Å². The maximum absolute atomic E-state index is 11.9. The van der Waals surface area contributed by atoms with Gasteiger partial charge in [0.1, 0.15) is 11.9 Å². The number of aryl methyl sites for hydroxylation is 1. The van der Waals surface area contributed by atoms with Crippen molar-refractivity contribution in [3.05, 3.63) is 29.3 Å². The van der Waals surface area contributed by atoms with Crippen molar-refractivity contribution in [2.45, 2.75) is 84.2 Å². The predicted octanol–water partition coefficient (Wildman–Crippen LogP) is 5.18. The first-order chi connectivity index (χ1) is 13.5. The second-order valence-corrected chi connectivity index (χ2v) is 9.06. The fourth-order valence-corrected chi connectivity index (χ4v) is 6.21. The van der Waals surface area contributed by atoms with Crippen molar-refractivity contribution in [2.24, 2.45) is 17.3 Å². The third-order valence-corrected chi connectivity index (χ3v) is 7.69. The Kier molecular flexibility index (Phi) is 5.24. The van der Waals surface area contributed by atoms with Crippen LogP contribution >= 0.6 is 0 Å². The molecule has 0 saturated heterocycles. The zero-order chi connectivity index (χ0) is 19.9. The molecule has 0 bridgehead atoms. The van der Waals surface area contributed by atoms with Crippen molar-refractivity contribution in [3.8, 4) is 5.75 Å². The van der Waals surface area contributed by atoms with E-state index >= 15 is 0 Å². The van der Waals surface area contributed by atoms with Gasteiger partial charge in [-0.15, -0.1) is 0 Å². The maximum Gasteiger partial charge on any atom is 0.310 e. The van der Waals surface area contributed by atoms with Gasteiger partial charge in [-0.25, -0.2) is 0 Å². The Morgan fingerprint density at radius 1 is 1.07 bits per heavy atom. The minimum absolute atomic E-state index is 0.0582. The second kappa shape index (κ2) is 7.53. The van der Waals surface area contributed by atoms with E-state index in [-0.39, 0.29) is 23.5 Å². The molecule has 152 valence electrons. The zero-order valence-corrected chi connectivity index (χ0v) is 17.3. The molecule has 1 aromatic carbocycles. The van der Waals surface area contributed by atoms with E-state index in [1.165, 1.54) is 24.0 Å². The number of esters is 2. The van der Waals surface area contributed by atoms with Gasteiger partial charge in [0.25, 0.3) is 0 Å². The quantitative estimate of drug-likeness (QED) is 0.530. The molecule has 0 N–H and O–H groups in total. The molecule has 0 unspecified atom stereocenters. The van der Waals surface area contributed by atoms with E-state index < -0.39 is 0 Å². The molecule has 5 atom stereocenters. The molecule has 4 heteroatoms. The van der Waals surface area contributed by atoms with Crippen LogP contribution in [0.4, 0.5) is 0 Å². The molecule has 0 heterocycles. The molecule has 0 spiro atoms. The largest absolute Gasteiger partial charge is 0.462 e. The van der Waals surface area contributed by atoms with E-state index in [1.54, 1.807) is 0 Å². The van der Waals surface area contributed by atoms with Gasteiger partial charge in [-0.3, -0.25) is 9.59 Å². The molecule has 0 radical (unpaired) electrons. The minimum atomic E-state index is -0.180. The molecule has 3 aliphatic rings. The van der Waals surface area contributed by atoms with Crippen LogP contribution < -0.4 is 4.74 Å². The Hall–Kier alpha value is -1.84. The van der Waals surface area contributed by atoms with Crippen LogP contribution in [0.1, 0.15) is 82.8 Å². The topological polar surface area (TPSA) is 52.6 Å². The summed E-state index contributed by atoms with van der Waals surface area (Å²) in [6.07, 6.45) is 7.61. The Bertz CT molecular complexity index is 770. The second-order valence-electron chi connectivity index (χ2n) is 9.06. The number of benzene rings is 1. The lowest BCUT2D eigenvalue weighted by atomic mass is 9.55. The highest BCUT2D eigenvalue weighted by molar-refractivity contribution is 5.72. The Morgan fingerprint density at radius 2 is 1.86 bits per heavy atom. The average molecular weight is 385 g/mol. The lowest BCUT2D eigenvalue weighted by Gasteiger charge is -2.50. The van der Waals surface area contributed by atoms with Crippen molar-refractivity contribution in [3.63, 3.8) is 0 Å². The van der Waals surface area contributed by atoms with Crippen molar-refractivity contribution < 1.29 is 19.1 Å². The summed E-state index contributed by atoms with van der Waals surface area (Å²) >= 11 is 0. The molecule has 2 fully saturated rings. The van der Waals surface area contributed by atoms with Crippen molar-refractivity contribution >= 4 is 11.9 Å². The number of rotatable bonds is 4. The molecular formula is C24H32O4. The highest BCUT2D eigenvalue weighted by Crippen LogP contribution is 2.61. The summed E-state index contributed by atoms with van der Waals surface area (Å²) in [6, 6.07) is 6.23. The Labute approximate surface area is 168 Å². The fourth-order valence-electron chi connectivity index (χ4n) is 6.21. The normalized spacial score (nSPS) is 33.4. The van der Waals surface area contributed by atoms with E-state index in [2.05, 4.69) is 19.1 Å². The summed E-state index contributed by atoms with van der Waals surface area (Å²) in [7, 11) is 0. The molecule has 2 saturated carbocycles. The summed E-state index contributed by atoms with van der Waals surface area (Å²) < 4.78 is 11.3. The standard InChI is InChI=1S/C24H32O4/c1-4-22(25)27-16-7-9-17-15(14-16)6-8-19-18(17)12-13-24(3)20(19)10-11-21(24)28-23(26)5-2/h7,9,14,18-21H,4-6,8,10-13H2,1-3H3/t18-,19-,20-,21+,24+/m1/s1. The predicted molar refractivity (Wildman–Crippen MR) is 107 cm³/mol. The van der Waals surface area contributed by atoms with E-state index in [0.717, 1.165) is 25.7 Å². The zero-order valence-electron chi connectivity index (χ0n) is 17.3. The number of ether oxygens (including phenoxy) is 2. The first-order valence-electron chi connectivity index (χ1n) is 11.0. The molecule has 0 aliphatic heterocycles. The van der Waals surface area contributed by atoms with Crippen LogP contribution in [0.3, 0.4) is 0 Å². The monoisotopic (exact) mass is 384 g/mol. The summed E-state index contributed by atoms with van der Waals surface area (Å²) in [4.78, 5) is 23.5. The number of carbonyl (C=O) groups excluding carboxylic acids is 2. The lowest BCUT2D eigenvalue weighted by molar-refractivity contribution is -0.157. The fraction of sp³-hybridized carbons (Fsp3) is 0.667. The van der Waals surface area contributed by atoms with Gasteiger partial charge in [0, 0.05) is 18.3 Å². The van der Waals surface area contributed by atoms with Gasteiger partial charge in [0.2, 0.25) is 0 Å². The van der Waals surface area contributed by atoms with Gasteiger partial charge in [-0.05, 0) is 79.5 Å². The highest BCUT2D eigenvalue weighted by Gasteiger charge is 2.56. The van der Waals surface area contributed by atoms with Crippen molar-refractivity contribution in [1.29, 1.82) is 0 Å². The van der Waals surface area contributed by atoms with Crippen LogP contribution in [0.5, 0.6) is 5.75 Å². The molecular weight excluding hydrogens is 352 g/mol. The number of carbonyl (C=O) groups is 2. The molecule has 3 aliphatic carbocycles. The van der Waals surface area contributed by atoms with Gasteiger partial charge in [-0.1, -0.05) is 26.8 Å². The number of hydrogen-bond donors (Lipinski definition) is 0. The molecule has 4 nitrogen and oxygen atoms in total. The Balaban J connectivity index is 1.54. The van der Waals surface area contributed by atoms with E-state index in [9.17, 15) is 9.59 Å². The molecule has 28 heavy (non-hydrogen) atoms. The van der Waals surface area contributed by atoms with Gasteiger partial charge < -0.3 is 9.47 Å². The van der Waals surface area contributed by atoms with Crippen LogP contribution in [0.25, 0.3) is 0 Å². The van der Waals surface area contributed by atoms with Crippen molar-refractivity contribution in [2.75, 3.05) is 0 Å². The first-order valence-corrected chi connectivity index (χ1v) is 11.0. The van der Waals surface area contributed by atoms with Crippen molar-refractivity contribution in [1.82, 2.24) is 0 Å². The van der Waals surface area contributed by atoms with Crippen LogP contribution in [0.2, 0.25) is 0 Å².